The van der Waals surface area contributed by atoms with E-state index in [2.05, 4.69) is 34.1 Å². The second-order valence-corrected chi connectivity index (χ2v) is 8.57. The van der Waals surface area contributed by atoms with E-state index in [0.29, 0.717) is 11.5 Å². The van der Waals surface area contributed by atoms with Crippen molar-refractivity contribution in [3.05, 3.63) is 95.4 Å². The molecule has 1 fully saturated rings. The number of carboxylic acid groups (broad SMARTS) is 1. The predicted octanol–water partition coefficient (Wildman–Crippen LogP) is 6.47. The second-order valence-electron chi connectivity index (χ2n) is 8.57. The molecule has 5 rings (SSSR count). The molecule has 33 heavy (non-hydrogen) atoms. The van der Waals surface area contributed by atoms with Crippen LogP contribution < -0.4 is 0 Å². The highest BCUT2D eigenvalue weighted by atomic mass is 35.5. The molecule has 170 valence electrons. The molecule has 0 unspecified atom stereocenters. The number of carboxylic acids is 1. The summed E-state index contributed by atoms with van der Waals surface area (Å²) in [6, 6.07) is 20.3. The van der Waals surface area contributed by atoms with Gasteiger partial charge in [-0.05, 0) is 84.4 Å². The van der Waals surface area contributed by atoms with Crippen LogP contribution in [0.15, 0.2) is 72.9 Å². The fourth-order valence-corrected chi connectivity index (χ4v) is 4.75. The first-order chi connectivity index (χ1) is 15.6. The lowest BCUT2D eigenvalue weighted by atomic mass is 9.89. The van der Waals surface area contributed by atoms with Gasteiger partial charge in [-0.25, -0.2) is 9.18 Å². The number of hydrogen-bond acceptors (Lipinski definition) is 2. The summed E-state index contributed by atoms with van der Waals surface area (Å²) in [6.45, 7) is 2.91. The molecular formula is C27H26ClFN2O2. The second kappa shape index (κ2) is 9.77. The van der Waals surface area contributed by atoms with Crippen LogP contribution in [0.3, 0.4) is 0 Å². The number of likely N-dealkylation sites (tertiary alicyclic amines) is 1. The molecule has 1 saturated heterocycles. The number of benzene rings is 3. The maximum Gasteiger partial charge on any atom is 0.335 e. The Bertz CT molecular complexity index is 1260. The monoisotopic (exact) mass is 464 g/mol. The topological polar surface area (TPSA) is 56.3 Å². The van der Waals surface area contributed by atoms with E-state index in [0.717, 1.165) is 54.5 Å². The number of nitrogens with zero attached hydrogens (tertiary/aromatic N) is 1. The lowest BCUT2D eigenvalue weighted by molar-refractivity contribution is 0.0697. The Kier molecular flexibility index (Phi) is 6.82. The quantitative estimate of drug-likeness (QED) is 0.355. The molecule has 4 nitrogen and oxygen atoms in total. The number of rotatable bonds is 5. The van der Waals surface area contributed by atoms with Crippen molar-refractivity contribution in [1.82, 2.24) is 9.88 Å². The average Bonchev–Trinajstić information content (AvgIpc) is 3.23. The fourth-order valence-electron chi connectivity index (χ4n) is 4.75. The number of nitrogens with one attached hydrogen (secondary N) is 1. The van der Waals surface area contributed by atoms with Crippen molar-refractivity contribution in [1.29, 1.82) is 0 Å². The van der Waals surface area contributed by atoms with Gasteiger partial charge in [-0.2, -0.15) is 0 Å². The van der Waals surface area contributed by atoms with Crippen LogP contribution in [-0.4, -0.2) is 34.0 Å². The Labute approximate surface area is 198 Å². The molecule has 1 aliphatic rings. The van der Waals surface area contributed by atoms with Gasteiger partial charge in [0.2, 0.25) is 0 Å². The molecule has 2 N–H and O–H groups in total. The van der Waals surface area contributed by atoms with E-state index in [1.807, 2.05) is 18.3 Å². The van der Waals surface area contributed by atoms with Gasteiger partial charge in [0.15, 0.2) is 0 Å². The van der Waals surface area contributed by atoms with Gasteiger partial charge in [-0.3, -0.25) is 4.90 Å². The predicted molar refractivity (Wildman–Crippen MR) is 132 cm³/mol. The molecule has 0 spiro atoms. The molecule has 0 radical (unpaired) electrons. The van der Waals surface area contributed by atoms with E-state index in [-0.39, 0.29) is 18.2 Å². The van der Waals surface area contributed by atoms with Gasteiger partial charge in [-0.15, -0.1) is 12.4 Å². The Hall–Kier alpha value is -3.15. The van der Waals surface area contributed by atoms with Gasteiger partial charge in [0.05, 0.1) is 5.56 Å². The molecular weight excluding hydrogens is 439 g/mol. The molecule has 3 aromatic carbocycles. The van der Waals surface area contributed by atoms with Crippen LogP contribution in [0, 0.1) is 5.82 Å². The third-order valence-electron chi connectivity index (χ3n) is 6.51. The molecule has 0 saturated carbocycles. The highest BCUT2D eigenvalue weighted by Crippen LogP contribution is 2.34. The first kappa shape index (κ1) is 23.0. The molecule has 0 amide bonds. The zero-order valence-electron chi connectivity index (χ0n) is 18.1. The van der Waals surface area contributed by atoms with E-state index in [1.165, 1.54) is 17.2 Å². The number of aromatic amines is 1. The van der Waals surface area contributed by atoms with Crippen molar-refractivity contribution in [2.24, 2.45) is 0 Å². The highest BCUT2D eigenvalue weighted by Gasteiger charge is 2.23. The molecule has 1 aromatic heterocycles. The van der Waals surface area contributed by atoms with E-state index in [4.69, 9.17) is 0 Å². The summed E-state index contributed by atoms with van der Waals surface area (Å²) in [7, 11) is 0. The number of piperidine rings is 1. The summed E-state index contributed by atoms with van der Waals surface area (Å²) in [6.07, 6.45) is 4.16. The Morgan fingerprint density at radius 2 is 1.76 bits per heavy atom. The number of carbonyl (C=O) groups is 1. The van der Waals surface area contributed by atoms with Gasteiger partial charge in [0.25, 0.3) is 0 Å². The molecule has 0 aliphatic carbocycles. The minimum atomic E-state index is -0.912. The summed E-state index contributed by atoms with van der Waals surface area (Å²) in [5.74, 6) is -0.649. The van der Waals surface area contributed by atoms with E-state index < -0.39 is 5.97 Å². The first-order valence-electron chi connectivity index (χ1n) is 11.0. The lowest BCUT2D eigenvalue weighted by Gasteiger charge is -2.32. The first-order valence-corrected chi connectivity index (χ1v) is 11.0. The van der Waals surface area contributed by atoms with Crippen LogP contribution in [0.25, 0.3) is 22.0 Å². The number of hydrogen-bond donors (Lipinski definition) is 2. The summed E-state index contributed by atoms with van der Waals surface area (Å²) < 4.78 is 13.7. The molecule has 6 heteroatoms. The third kappa shape index (κ3) is 4.95. The van der Waals surface area contributed by atoms with Crippen molar-refractivity contribution in [3.63, 3.8) is 0 Å². The Balaban J connectivity index is 0.00000259. The highest BCUT2D eigenvalue weighted by molar-refractivity contribution is 5.89. The smallest absolute Gasteiger partial charge is 0.335 e. The van der Waals surface area contributed by atoms with Crippen LogP contribution in [0.2, 0.25) is 0 Å². The average molecular weight is 465 g/mol. The van der Waals surface area contributed by atoms with Crippen LogP contribution in [-0.2, 0) is 6.54 Å². The maximum atomic E-state index is 13.7. The number of fused-ring (bicyclic) bond motifs is 1. The van der Waals surface area contributed by atoms with Crippen molar-refractivity contribution in [2.75, 3.05) is 13.1 Å². The summed E-state index contributed by atoms with van der Waals surface area (Å²) in [5, 5.41) is 10.2. The number of aromatic nitrogens is 1. The van der Waals surface area contributed by atoms with Crippen LogP contribution in [0.4, 0.5) is 4.39 Å². The maximum absolute atomic E-state index is 13.7. The van der Waals surface area contributed by atoms with E-state index in [9.17, 15) is 14.3 Å². The van der Waals surface area contributed by atoms with Crippen LogP contribution in [0.5, 0.6) is 0 Å². The number of H-pyrrole nitrogens is 1. The molecule has 1 aliphatic heterocycles. The van der Waals surface area contributed by atoms with Gasteiger partial charge in [0, 0.05) is 23.6 Å². The fraction of sp³-hybridized carbons (Fsp3) is 0.222. The molecule has 4 aromatic rings. The third-order valence-corrected chi connectivity index (χ3v) is 6.51. The van der Waals surface area contributed by atoms with Crippen molar-refractivity contribution < 1.29 is 14.3 Å². The number of aromatic carboxylic acids is 1. The van der Waals surface area contributed by atoms with Gasteiger partial charge >= 0.3 is 5.97 Å². The molecule has 0 bridgehead atoms. The minimum Gasteiger partial charge on any atom is -0.478 e. The Morgan fingerprint density at radius 1 is 1.00 bits per heavy atom. The van der Waals surface area contributed by atoms with Gasteiger partial charge in [-0.1, -0.05) is 36.4 Å². The van der Waals surface area contributed by atoms with Gasteiger partial charge < -0.3 is 10.1 Å². The largest absolute Gasteiger partial charge is 0.478 e. The normalized spacial score (nSPS) is 14.8. The summed E-state index contributed by atoms with van der Waals surface area (Å²) in [5.41, 5.74) is 5.70. The van der Waals surface area contributed by atoms with Crippen molar-refractivity contribution in [2.45, 2.75) is 25.3 Å². The van der Waals surface area contributed by atoms with Gasteiger partial charge in [0.1, 0.15) is 5.82 Å². The van der Waals surface area contributed by atoms with E-state index in [1.54, 1.807) is 24.3 Å². The lowest BCUT2D eigenvalue weighted by Crippen LogP contribution is -2.32. The summed E-state index contributed by atoms with van der Waals surface area (Å²) in [4.78, 5) is 17.0. The molecule has 2 heterocycles. The minimum absolute atomic E-state index is 0. The standard InChI is InChI=1S/C27H25FN2O2.ClH/c28-23-8-9-26-24(15-23)25(16-29-26)20-10-12-30(13-11-20)17-18-4-6-19(7-5-18)21-2-1-3-22(14-21)27(31)32;/h1-9,14-16,20,29H,10-13,17H2,(H,31,32);1H. The van der Waals surface area contributed by atoms with E-state index >= 15 is 0 Å². The SMILES string of the molecule is Cl.O=C(O)c1cccc(-c2ccc(CN3CCC(c4c[nH]c5ccc(F)cc45)CC3)cc2)c1. The number of halogens is 2. The van der Waals surface area contributed by atoms with Crippen molar-refractivity contribution >= 4 is 29.3 Å². The van der Waals surface area contributed by atoms with Crippen molar-refractivity contribution in [3.8, 4) is 11.1 Å². The Morgan fingerprint density at radius 3 is 2.48 bits per heavy atom. The van der Waals surface area contributed by atoms with Crippen LogP contribution in [0.1, 0.15) is 40.2 Å². The summed E-state index contributed by atoms with van der Waals surface area (Å²) >= 11 is 0. The zero-order chi connectivity index (χ0) is 22.1. The zero-order valence-corrected chi connectivity index (χ0v) is 18.9. The molecule has 0 atom stereocenters. The van der Waals surface area contributed by atoms with Crippen LogP contribution >= 0.6 is 12.4 Å².